The standard InChI is InChI=1S/C14H11BrCl3NO/c1-20-13-6-10(16)8(5-12(13)18)14(19)7-2-3-9(15)11(17)4-7/h2-6,14H,19H2,1H3. The zero-order valence-corrected chi connectivity index (χ0v) is 14.3. The van der Waals surface area contributed by atoms with Gasteiger partial charge in [-0.25, -0.2) is 0 Å². The van der Waals surface area contributed by atoms with E-state index in [1.54, 1.807) is 18.2 Å². The van der Waals surface area contributed by atoms with Crippen LogP contribution in [0.1, 0.15) is 17.2 Å². The van der Waals surface area contributed by atoms with E-state index in [0.29, 0.717) is 20.8 Å². The number of rotatable bonds is 3. The summed E-state index contributed by atoms with van der Waals surface area (Å²) >= 11 is 21.8. The quantitative estimate of drug-likeness (QED) is 0.748. The van der Waals surface area contributed by atoms with Crippen LogP contribution >= 0.6 is 50.7 Å². The zero-order chi connectivity index (χ0) is 14.9. The predicted octanol–water partition coefficient (Wildman–Crippen LogP) is 5.47. The Bertz CT molecular complexity index is 649. The molecular formula is C14H11BrCl3NO. The van der Waals surface area contributed by atoms with Crippen LogP contribution < -0.4 is 10.5 Å². The molecule has 0 heterocycles. The Morgan fingerprint density at radius 2 is 1.75 bits per heavy atom. The van der Waals surface area contributed by atoms with E-state index < -0.39 is 6.04 Å². The minimum atomic E-state index is -0.420. The van der Waals surface area contributed by atoms with Crippen LogP contribution in [0.25, 0.3) is 0 Å². The number of benzene rings is 2. The number of halogens is 4. The van der Waals surface area contributed by atoms with Gasteiger partial charge in [0.1, 0.15) is 5.75 Å². The van der Waals surface area contributed by atoms with E-state index in [4.69, 9.17) is 45.3 Å². The lowest BCUT2D eigenvalue weighted by Gasteiger charge is -2.16. The molecule has 0 aromatic heterocycles. The van der Waals surface area contributed by atoms with Gasteiger partial charge in [0.15, 0.2) is 0 Å². The third kappa shape index (κ3) is 3.23. The molecule has 0 aliphatic carbocycles. The van der Waals surface area contributed by atoms with Gasteiger partial charge in [0.2, 0.25) is 0 Å². The summed E-state index contributed by atoms with van der Waals surface area (Å²) in [6.45, 7) is 0. The van der Waals surface area contributed by atoms with Crippen molar-refractivity contribution >= 4 is 50.7 Å². The van der Waals surface area contributed by atoms with E-state index in [1.807, 2.05) is 12.1 Å². The molecule has 1 atom stereocenters. The van der Waals surface area contributed by atoms with Gasteiger partial charge in [-0.05, 0) is 45.3 Å². The Kier molecular flexibility index (Phi) is 5.21. The van der Waals surface area contributed by atoms with Crippen molar-refractivity contribution < 1.29 is 4.74 Å². The number of nitrogens with two attached hydrogens (primary N) is 1. The van der Waals surface area contributed by atoms with Crippen LogP contribution in [0.2, 0.25) is 15.1 Å². The van der Waals surface area contributed by atoms with E-state index in [2.05, 4.69) is 15.9 Å². The zero-order valence-electron chi connectivity index (χ0n) is 10.5. The second-order valence-electron chi connectivity index (χ2n) is 4.16. The summed E-state index contributed by atoms with van der Waals surface area (Å²) in [5, 5.41) is 1.55. The van der Waals surface area contributed by atoms with Crippen LogP contribution in [0.5, 0.6) is 5.75 Å². The van der Waals surface area contributed by atoms with Gasteiger partial charge in [-0.1, -0.05) is 40.9 Å². The minimum Gasteiger partial charge on any atom is -0.495 e. The SMILES string of the molecule is COc1cc(Cl)c(C(N)c2ccc(Br)c(Cl)c2)cc1Cl. The van der Waals surface area contributed by atoms with Gasteiger partial charge in [0.05, 0.1) is 23.2 Å². The molecule has 6 heteroatoms. The molecule has 0 amide bonds. The molecule has 0 bridgehead atoms. The Morgan fingerprint density at radius 3 is 2.35 bits per heavy atom. The highest BCUT2D eigenvalue weighted by atomic mass is 79.9. The molecule has 0 spiro atoms. The van der Waals surface area contributed by atoms with Crippen molar-refractivity contribution in [3.05, 3.63) is 61.0 Å². The molecule has 0 aliphatic heterocycles. The summed E-state index contributed by atoms with van der Waals surface area (Å²) in [5.41, 5.74) is 7.81. The van der Waals surface area contributed by atoms with Gasteiger partial charge in [-0.3, -0.25) is 0 Å². The first kappa shape index (κ1) is 15.9. The van der Waals surface area contributed by atoms with Gasteiger partial charge < -0.3 is 10.5 Å². The molecule has 1 unspecified atom stereocenters. The van der Waals surface area contributed by atoms with Gasteiger partial charge >= 0.3 is 0 Å². The van der Waals surface area contributed by atoms with Crippen LogP contribution in [-0.2, 0) is 0 Å². The molecule has 0 radical (unpaired) electrons. The van der Waals surface area contributed by atoms with Crippen molar-refractivity contribution in [3.8, 4) is 5.75 Å². The maximum atomic E-state index is 6.24. The monoisotopic (exact) mass is 393 g/mol. The average Bonchev–Trinajstić information content (AvgIpc) is 2.43. The Labute approximate surface area is 140 Å². The second-order valence-corrected chi connectivity index (χ2v) is 6.24. The number of hydrogen-bond acceptors (Lipinski definition) is 2. The topological polar surface area (TPSA) is 35.2 Å². The maximum Gasteiger partial charge on any atom is 0.138 e. The molecule has 2 N–H and O–H groups in total. The van der Waals surface area contributed by atoms with E-state index in [-0.39, 0.29) is 0 Å². The van der Waals surface area contributed by atoms with Crippen molar-refractivity contribution in [3.63, 3.8) is 0 Å². The van der Waals surface area contributed by atoms with Crippen LogP contribution in [0.3, 0.4) is 0 Å². The highest BCUT2D eigenvalue weighted by Gasteiger charge is 2.16. The summed E-state index contributed by atoms with van der Waals surface area (Å²) in [7, 11) is 1.53. The van der Waals surface area contributed by atoms with Crippen LogP contribution in [-0.4, -0.2) is 7.11 Å². The molecule has 2 aromatic carbocycles. The predicted molar refractivity (Wildman–Crippen MR) is 88.2 cm³/mol. The van der Waals surface area contributed by atoms with Crippen molar-refractivity contribution in [2.24, 2.45) is 5.73 Å². The number of ether oxygens (including phenoxy) is 1. The first-order valence-corrected chi connectivity index (χ1v) is 7.60. The summed E-state index contributed by atoms with van der Waals surface area (Å²) in [6.07, 6.45) is 0. The molecule has 0 aliphatic rings. The van der Waals surface area contributed by atoms with Crippen molar-refractivity contribution in [2.45, 2.75) is 6.04 Å². The summed E-state index contributed by atoms with van der Waals surface area (Å²) < 4.78 is 5.93. The first-order valence-electron chi connectivity index (χ1n) is 5.67. The molecule has 2 aromatic rings. The fourth-order valence-electron chi connectivity index (χ4n) is 1.82. The van der Waals surface area contributed by atoms with Crippen molar-refractivity contribution in [1.82, 2.24) is 0 Å². The van der Waals surface area contributed by atoms with Crippen molar-refractivity contribution in [2.75, 3.05) is 7.11 Å². The third-order valence-corrected chi connectivity index (χ3v) is 4.76. The van der Waals surface area contributed by atoms with Gasteiger partial charge in [-0.2, -0.15) is 0 Å². The molecular weight excluding hydrogens is 384 g/mol. The Hall–Kier alpha value is -0.450. The maximum absolute atomic E-state index is 6.24. The molecule has 20 heavy (non-hydrogen) atoms. The molecule has 2 rings (SSSR count). The summed E-state index contributed by atoms with van der Waals surface area (Å²) in [5.74, 6) is 0.515. The lowest BCUT2D eigenvalue weighted by atomic mass is 9.99. The largest absolute Gasteiger partial charge is 0.495 e. The lowest BCUT2D eigenvalue weighted by Crippen LogP contribution is -2.12. The number of methoxy groups -OCH3 is 1. The van der Waals surface area contributed by atoms with Crippen LogP contribution in [0.15, 0.2) is 34.8 Å². The van der Waals surface area contributed by atoms with Crippen LogP contribution in [0, 0.1) is 0 Å². The third-order valence-electron chi connectivity index (χ3n) is 2.91. The highest BCUT2D eigenvalue weighted by Crippen LogP contribution is 2.36. The van der Waals surface area contributed by atoms with Gasteiger partial charge in [0.25, 0.3) is 0 Å². The second kappa shape index (κ2) is 6.54. The lowest BCUT2D eigenvalue weighted by molar-refractivity contribution is 0.415. The van der Waals surface area contributed by atoms with E-state index in [0.717, 1.165) is 15.6 Å². The average molecular weight is 396 g/mol. The smallest absolute Gasteiger partial charge is 0.138 e. The van der Waals surface area contributed by atoms with Crippen molar-refractivity contribution in [1.29, 1.82) is 0 Å². The van der Waals surface area contributed by atoms with Gasteiger partial charge in [-0.15, -0.1) is 0 Å². The van der Waals surface area contributed by atoms with E-state index in [1.165, 1.54) is 7.11 Å². The highest BCUT2D eigenvalue weighted by molar-refractivity contribution is 9.10. The Morgan fingerprint density at radius 1 is 1.05 bits per heavy atom. The summed E-state index contributed by atoms with van der Waals surface area (Å²) in [6, 6.07) is 8.47. The fourth-order valence-corrected chi connectivity index (χ4v) is 2.78. The molecule has 0 saturated heterocycles. The first-order chi connectivity index (χ1) is 9.43. The Balaban J connectivity index is 2.45. The number of hydrogen-bond donors (Lipinski definition) is 1. The molecule has 0 saturated carbocycles. The molecule has 106 valence electrons. The summed E-state index contributed by atoms with van der Waals surface area (Å²) in [4.78, 5) is 0. The van der Waals surface area contributed by atoms with E-state index in [9.17, 15) is 0 Å². The minimum absolute atomic E-state index is 0.420. The van der Waals surface area contributed by atoms with Crippen LogP contribution in [0.4, 0.5) is 0 Å². The normalized spacial score (nSPS) is 12.3. The van der Waals surface area contributed by atoms with E-state index >= 15 is 0 Å². The fraction of sp³-hybridized carbons (Fsp3) is 0.143. The van der Waals surface area contributed by atoms with Gasteiger partial charge in [0, 0.05) is 15.6 Å². The molecule has 2 nitrogen and oxygen atoms in total. The molecule has 0 fully saturated rings.